The molecule has 1 aromatic heterocycles. The lowest BCUT2D eigenvalue weighted by atomic mass is 10.1. The Labute approximate surface area is 85.5 Å². The van der Waals surface area contributed by atoms with Crippen LogP contribution in [0, 0.1) is 5.92 Å². The van der Waals surface area contributed by atoms with Crippen LogP contribution in [0.3, 0.4) is 0 Å². The van der Waals surface area contributed by atoms with Crippen LogP contribution in [0.25, 0.3) is 0 Å². The van der Waals surface area contributed by atoms with Crippen molar-refractivity contribution in [1.82, 2.24) is 15.0 Å². The summed E-state index contributed by atoms with van der Waals surface area (Å²) in [4.78, 5) is 0. The smallest absolute Gasteiger partial charge is 0.0827 e. The van der Waals surface area contributed by atoms with Crippen molar-refractivity contribution in [2.24, 2.45) is 11.7 Å². The fraction of sp³-hybridized carbons (Fsp3) is 0.800. The van der Waals surface area contributed by atoms with Gasteiger partial charge in [-0.25, -0.2) is 0 Å². The van der Waals surface area contributed by atoms with E-state index in [2.05, 4.69) is 24.2 Å². The van der Waals surface area contributed by atoms with Crippen LogP contribution in [0.4, 0.5) is 0 Å². The largest absolute Gasteiger partial charge is 0.330 e. The van der Waals surface area contributed by atoms with E-state index in [9.17, 15) is 0 Å². The quantitative estimate of drug-likeness (QED) is 0.744. The summed E-state index contributed by atoms with van der Waals surface area (Å²) in [6.07, 6.45) is 5.14. The number of nitrogens with two attached hydrogens (primary N) is 1. The fourth-order valence-electron chi connectivity index (χ4n) is 1.27. The summed E-state index contributed by atoms with van der Waals surface area (Å²) in [7, 11) is 0. The summed E-state index contributed by atoms with van der Waals surface area (Å²) in [5.41, 5.74) is 6.48. The zero-order valence-corrected chi connectivity index (χ0v) is 9.11. The molecule has 0 bridgehead atoms. The second-order valence-electron chi connectivity index (χ2n) is 3.84. The maximum Gasteiger partial charge on any atom is 0.0827 e. The lowest BCUT2D eigenvalue weighted by molar-refractivity contribution is 0.431. The molecule has 0 aliphatic rings. The van der Waals surface area contributed by atoms with Crippen LogP contribution >= 0.6 is 0 Å². The molecule has 0 fully saturated rings. The third kappa shape index (κ3) is 3.46. The highest BCUT2D eigenvalue weighted by molar-refractivity contribution is 4.92. The van der Waals surface area contributed by atoms with Gasteiger partial charge >= 0.3 is 0 Å². The molecule has 1 atom stereocenters. The summed E-state index contributed by atoms with van der Waals surface area (Å²) in [5, 5.41) is 8.18. The molecule has 1 rings (SSSR count). The molecule has 0 saturated carbocycles. The van der Waals surface area contributed by atoms with Crippen molar-refractivity contribution in [1.29, 1.82) is 0 Å². The molecule has 0 aliphatic heterocycles. The first-order chi connectivity index (χ1) is 6.76. The predicted octanol–water partition coefficient (Wildman–Crippen LogP) is 1.22. The number of rotatable bonds is 6. The third-order valence-corrected chi connectivity index (χ3v) is 2.42. The van der Waals surface area contributed by atoms with Gasteiger partial charge in [0.2, 0.25) is 0 Å². The molecule has 0 spiro atoms. The number of hydrogen-bond acceptors (Lipinski definition) is 3. The van der Waals surface area contributed by atoms with Crippen molar-refractivity contribution < 1.29 is 0 Å². The summed E-state index contributed by atoms with van der Waals surface area (Å²) >= 11 is 0. The van der Waals surface area contributed by atoms with Crippen molar-refractivity contribution in [3.05, 3.63) is 11.9 Å². The molecule has 4 heteroatoms. The maximum atomic E-state index is 5.43. The number of hydrogen-bond donors (Lipinski definition) is 1. The average molecular weight is 196 g/mol. The molecule has 0 aliphatic carbocycles. The van der Waals surface area contributed by atoms with Gasteiger partial charge in [-0.05, 0) is 25.3 Å². The normalized spacial score (nSPS) is 13.1. The van der Waals surface area contributed by atoms with E-state index in [0.29, 0.717) is 5.92 Å². The van der Waals surface area contributed by atoms with Crippen LogP contribution in [-0.4, -0.2) is 21.5 Å². The van der Waals surface area contributed by atoms with Crippen LogP contribution in [0.5, 0.6) is 0 Å². The molecule has 1 aromatic rings. The van der Waals surface area contributed by atoms with Gasteiger partial charge in [-0.2, -0.15) is 0 Å². The van der Waals surface area contributed by atoms with Crippen LogP contribution in [0.1, 0.15) is 32.4 Å². The maximum absolute atomic E-state index is 5.43. The van der Waals surface area contributed by atoms with E-state index in [0.717, 1.165) is 31.6 Å². The van der Waals surface area contributed by atoms with Crippen LogP contribution in [-0.2, 0) is 13.0 Å². The Morgan fingerprint density at radius 1 is 1.57 bits per heavy atom. The fourth-order valence-corrected chi connectivity index (χ4v) is 1.27. The van der Waals surface area contributed by atoms with Gasteiger partial charge in [0.15, 0.2) is 0 Å². The van der Waals surface area contributed by atoms with Gasteiger partial charge < -0.3 is 5.73 Å². The van der Waals surface area contributed by atoms with Gasteiger partial charge in [-0.15, -0.1) is 5.10 Å². The zero-order valence-electron chi connectivity index (χ0n) is 9.11. The van der Waals surface area contributed by atoms with Crippen molar-refractivity contribution >= 4 is 0 Å². The standard InChI is InChI=1S/C10H20N4/c1-3-9(2)7-14-8-10(12-13-14)5-4-6-11/h8-9H,3-7,11H2,1-2H3. The van der Waals surface area contributed by atoms with Gasteiger partial charge in [0.05, 0.1) is 5.69 Å². The molecular formula is C10H20N4. The minimum Gasteiger partial charge on any atom is -0.330 e. The van der Waals surface area contributed by atoms with Crippen LogP contribution < -0.4 is 5.73 Å². The molecule has 0 saturated heterocycles. The van der Waals surface area contributed by atoms with Crippen LogP contribution in [0.2, 0.25) is 0 Å². The zero-order chi connectivity index (χ0) is 10.4. The lowest BCUT2D eigenvalue weighted by Crippen LogP contribution is -2.07. The van der Waals surface area contributed by atoms with Gasteiger partial charge in [-0.3, -0.25) is 4.68 Å². The number of nitrogens with zero attached hydrogens (tertiary/aromatic N) is 3. The van der Waals surface area contributed by atoms with Gasteiger partial charge in [0, 0.05) is 12.7 Å². The Hall–Kier alpha value is -0.900. The average Bonchev–Trinajstić information content (AvgIpc) is 2.62. The van der Waals surface area contributed by atoms with Gasteiger partial charge in [-0.1, -0.05) is 25.5 Å². The van der Waals surface area contributed by atoms with Crippen LogP contribution in [0.15, 0.2) is 6.20 Å². The predicted molar refractivity (Wildman–Crippen MR) is 56.9 cm³/mol. The third-order valence-electron chi connectivity index (χ3n) is 2.42. The summed E-state index contributed by atoms with van der Waals surface area (Å²) in [6, 6.07) is 0. The Bertz CT molecular complexity index is 256. The van der Waals surface area contributed by atoms with E-state index < -0.39 is 0 Å². The molecule has 0 radical (unpaired) electrons. The van der Waals surface area contributed by atoms with E-state index >= 15 is 0 Å². The molecular weight excluding hydrogens is 176 g/mol. The highest BCUT2D eigenvalue weighted by Crippen LogP contribution is 2.05. The number of aromatic nitrogens is 3. The van der Waals surface area contributed by atoms with E-state index in [-0.39, 0.29) is 0 Å². The lowest BCUT2D eigenvalue weighted by Gasteiger charge is -2.06. The Balaban J connectivity index is 2.42. The molecule has 1 heterocycles. The van der Waals surface area contributed by atoms with Crippen molar-refractivity contribution in [2.75, 3.05) is 6.54 Å². The van der Waals surface area contributed by atoms with E-state index in [1.54, 1.807) is 0 Å². The molecule has 0 aromatic carbocycles. The highest BCUT2D eigenvalue weighted by Gasteiger charge is 2.03. The van der Waals surface area contributed by atoms with E-state index in [1.807, 2.05) is 10.9 Å². The first-order valence-electron chi connectivity index (χ1n) is 5.35. The molecule has 4 nitrogen and oxygen atoms in total. The second-order valence-corrected chi connectivity index (χ2v) is 3.84. The Morgan fingerprint density at radius 3 is 3.00 bits per heavy atom. The van der Waals surface area contributed by atoms with Gasteiger partial charge in [0.25, 0.3) is 0 Å². The first kappa shape index (κ1) is 11.2. The van der Waals surface area contributed by atoms with Crippen molar-refractivity contribution in [3.8, 4) is 0 Å². The first-order valence-corrected chi connectivity index (χ1v) is 5.35. The molecule has 1 unspecified atom stereocenters. The summed E-state index contributed by atoms with van der Waals surface area (Å²) in [5.74, 6) is 0.666. The highest BCUT2D eigenvalue weighted by atomic mass is 15.4. The monoisotopic (exact) mass is 196 g/mol. The van der Waals surface area contributed by atoms with E-state index in [1.165, 1.54) is 6.42 Å². The molecule has 14 heavy (non-hydrogen) atoms. The van der Waals surface area contributed by atoms with Crippen molar-refractivity contribution in [2.45, 2.75) is 39.7 Å². The van der Waals surface area contributed by atoms with E-state index in [4.69, 9.17) is 5.73 Å². The minimum absolute atomic E-state index is 0.666. The Kier molecular flexibility index (Phi) is 4.59. The SMILES string of the molecule is CCC(C)Cn1cc(CCCN)nn1. The number of aryl methyl sites for hydroxylation is 1. The van der Waals surface area contributed by atoms with Crippen molar-refractivity contribution in [3.63, 3.8) is 0 Å². The molecule has 2 N–H and O–H groups in total. The second kappa shape index (κ2) is 5.75. The minimum atomic E-state index is 0.666. The van der Waals surface area contributed by atoms with Gasteiger partial charge in [0.1, 0.15) is 0 Å². The topological polar surface area (TPSA) is 56.7 Å². The molecule has 0 amide bonds. The Morgan fingerprint density at radius 2 is 2.36 bits per heavy atom. The molecule has 80 valence electrons. The summed E-state index contributed by atoms with van der Waals surface area (Å²) in [6.45, 7) is 6.10. The summed E-state index contributed by atoms with van der Waals surface area (Å²) < 4.78 is 1.93.